The number of hydrogen-bond donors (Lipinski definition) is 2. The Morgan fingerprint density at radius 2 is 1.82 bits per heavy atom. The minimum Gasteiger partial charge on any atom is -0.405 e. The van der Waals surface area contributed by atoms with Crippen LogP contribution in [0.15, 0.2) is 24.3 Å². The monoisotopic (exact) mass is 551 g/mol. The Bertz CT molecular complexity index is 1180. The lowest BCUT2D eigenvalue weighted by Gasteiger charge is -2.41. The number of amides is 1. The molecular weight excluding hydrogens is 519 g/mol. The first kappa shape index (κ1) is 28.3. The molecule has 2 aromatic rings. The van der Waals surface area contributed by atoms with E-state index in [1.165, 1.54) is 18.2 Å². The van der Waals surface area contributed by atoms with Crippen molar-refractivity contribution in [3.63, 3.8) is 0 Å². The standard InChI is InChI=1S/C25H32F3N7O4/c1-16(36)33-10-12-34(13-11-33)19-8-6-17(7-9-19)14-20-22(35(37)38)23(29)32-24(31-20)30-15-18-4-2-3-5-21(18)39-25(26,27)28/h2-5,17,19H,6-15H2,1H3,(H3,29,30,31,32). The van der Waals surface area contributed by atoms with E-state index < -0.39 is 11.3 Å². The van der Waals surface area contributed by atoms with E-state index in [-0.39, 0.29) is 52.8 Å². The minimum absolute atomic E-state index is 0.00746. The molecule has 11 nitrogen and oxygen atoms in total. The molecule has 0 bridgehead atoms. The van der Waals surface area contributed by atoms with Crippen molar-refractivity contribution in [2.24, 2.45) is 5.92 Å². The van der Waals surface area contributed by atoms with Gasteiger partial charge in [0.05, 0.1) is 4.92 Å². The van der Waals surface area contributed by atoms with Crippen molar-refractivity contribution in [2.45, 2.75) is 58.0 Å². The first-order chi connectivity index (χ1) is 18.5. The maximum atomic E-state index is 12.7. The Labute approximate surface area is 223 Å². The quantitative estimate of drug-likeness (QED) is 0.371. The lowest BCUT2D eigenvalue weighted by Crippen LogP contribution is -2.52. The summed E-state index contributed by atoms with van der Waals surface area (Å²) in [7, 11) is 0. The van der Waals surface area contributed by atoms with Crippen LogP contribution in [0.3, 0.4) is 0 Å². The number of nitrogens with two attached hydrogens (primary N) is 1. The molecule has 39 heavy (non-hydrogen) atoms. The maximum Gasteiger partial charge on any atom is 0.573 e. The minimum atomic E-state index is -4.85. The molecule has 1 aliphatic heterocycles. The van der Waals surface area contributed by atoms with Crippen LogP contribution in [0.2, 0.25) is 0 Å². The van der Waals surface area contributed by atoms with Gasteiger partial charge < -0.3 is 20.7 Å². The van der Waals surface area contributed by atoms with Gasteiger partial charge in [0.1, 0.15) is 11.4 Å². The Balaban J connectivity index is 1.40. The number of carbonyl (C=O) groups excluding carboxylic acids is 1. The van der Waals surface area contributed by atoms with Crippen molar-refractivity contribution in [1.29, 1.82) is 0 Å². The van der Waals surface area contributed by atoms with Crippen LogP contribution in [0.1, 0.15) is 43.9 Å². The van der Waals surface area contributed by atoms with E-state index in [2.05, 4.69) is 24.9 Å². The summed E-state index contributed by atoms with van der Waals surface area (Å²) < 4.78 is 42.3. The molecule has 4 rings (SSSR count). The average Bonchev–Trinajstić information content (AvgIpc) is 2.87. The van der Waals surface area contributed by atoms with Gasteiger partial charge >= 0.3 is 12.0 Å². The van der Waals surface area contributed by atoms with Crippen LogP contribution in [-0.2, 0) is 17.8 Å². The Hall–Kier alpha value is -3.68. The Kier molecular flexibility index (Phi) is 8.73. The number of para-hydroxylation sites is 1. The first-order valence-electron chi connectivity index (χ1n) is 12.9. The van der Waals surface area contributed by atoms with E-state index in [0.29, 0.717) is 12.5 Å². The van der Waals surface area contributed by atoms with Crippen LogP contribution in [0.4, 0.5) is 30.6 Å². The van der Waals surface area contributed by atoms with Gasteiger partial charge in [0, 0.05) is 51.3 Å². The molecule has 2 heterocycles. The lowest BCUT2D eigenvalue weighted by atomic mass is 9.82. The number of aromatic nitrogens is 2. The second-order valence-electron chi connectivity index (χ2n) is 9.91. The fraction of sp³-hybridized carbons (Fsp3) is 0.560. The highest BCUT2D eigenvalue weighted by Gasteiger charge is 2.33. The number of carbonyl (C=O) groups is 1. The summed E-state index contributed by atoms with van der Waals surface area (Å²) in [5, 5.41) is 14.6. The van der Waals surface area contributed by atoms with Crippen LogP contribution in [0.5, 0.6) is 5.75 Å². The summed E-state index contributed by atoms with van der Waals surface area (Å²) >= 11 is 0. The number of anilines is 2. The average molecular weight is 552 g/mol. The summed E-state index contributed by atoms with van der Waals surface area (Å²) in [6.45, 7) is 4.62. The molecule has 1 aromatic heterocycles. The molecule has 1 aliphatic carbocycles. The number of nitrogens with zero attached hydrogens (tertiary/aromatic N) is 5. The largest absolute Gasteiger partial charge is 0.573 e. The third-order valence-corrected chi connectivity index (χ3v) is 7.38. The van der Waals surface area contributed by atoms with Gasteiger partial charge in [0.15, 0.2) is 0 Å². The van der Waals surface area contributed by atoms with Crippen LogP contribution in [0, 0.1) is 16.0 Å². The predicted octanol–water partition coefficient (Wildman–Crippen LogP) is 3.74. The first-order valence-corrected chi connectivity index (χ1v) is 12.9. The molecule has 0 radical (unpaired) electrons. The van der Waals surface area contributed by atoms with Crippen LogP contribution < -0.4 is 15.8 Å². The third-order valence-electron chi connectivity index (χ3n) is 7.38. The summed E-state index contributed by atoms with van der Waals surface area (Å²) in [5.74, 6) is -0.415. The van der Waals surface area contributed by atoms with Gasteiger partial charge in [-0.2, -0.15) is 4.98 Å². The van der Waals surface area contributed by atoms with Crippen LogP contribution in [-0.4, -0.2) is 69.2 Å². The van der Waals surface area contributed by atoms with Crippen molar-refractivity contribution in [1.82, 2.24) is 19.8 Å². The highest BCUT2D eigenvalue weighted by molar-refractivity contribution is 5.73. The molecule has 3 N–H and O–H groups in total. The highest BCUT2D eigenvalue weighted by atomic mass is 19.4. The Morgan fingerprint density at radius 1 is 1.15 bits per heavy atom. The zero-order valence-electron chi connectivity index (χ0n) is 21.6. The second-order valence-corrected chi connectivity index (χ2v) is 9.91. The van der Waals surface area contributed by atoms with E-state index in [1.54, 1.807) is 13.0 Å². The van der Waals surface area contributed by atoms with Gasteiger partial charge in [-0.1, -0.05) is 18.2 Å². The van der Waals surface area contributed by atoms with Crippen molar-refractivity contribution in [2.75, 3.05) is 37.2 Å². The van der Waals surface area contributed by atoms with Gasteiger partial charge in [-0.15, -0.1) is 13.2 Å². The second kappa shape index (κ2) is 12.0. The molecule has 1 saturated heterocycles. The molecule has 0 atom stereocenters. The topological polar surface area (TPSA) is 140 Å². The maximum absolute atomic E-state index is 12.7. The zero-order chi connectivity index (χ0) is 28.2. The fourth-order valence-electron chi connectivity index (χ4n) is 5.38. The van der Waals surface area contributed by atoms with Crippen molar-refractivity contribution < 1.29 is 27.6 Å². The van der Waals surface area contributed by atoms with E-state index in [4.69, 9.17) is 5.73 Å². The van der Waals surface area contributed by atoms with E-state index in [9.17, 15) is 28.1 Å². The van der Waals surface area contributed by atoms with Crippen molar-refractivity contribution >= 4 is 23.4 Å². The number of nitrogen functional groups attached to an aromatic ring is 1. The number of ether oxygens (including phenoxy) is 1. The van der Waals surface area contributed by atoms with Gasteiger partial charge in [-0.05, 0) is 44.1 Å². The molecule has 1 saturated carbocycles. The van der Waals surface area contributed by atoms with Gasteiger partial charge in [-0.3, -0.25) is 19.8 Å². The van der Waals surface area contributed by atoms with E-state index in [0.717, 1.165) is 51.9 Å². The number of piperazine rings is 1. The molecular formula is C25H32F3N7O4. The predicted molar refractivity (Wildman–Crippen MR) is 137 cm³/mol. The summed E-state index contributed by atoms with van der Waals surface area (Å²) in [4.78, 5) is 35.3. The van der Waals surface area contributed by atoms with Crippen LogP contribution >= 0.6 is 0 Å². The summed E-state index contributed by atoms with van der Waals surface area (Å²) in [6, 6.07) is 6.06. The highest BCUT2D eigenvalue weighted by Crippen LogP contribution is 2.34. The van der Waals surface area contributed by atoms with E-state index in [1.807, 2.05) is 4.90 Å². The number of rotatable bonds is 8. The SMILES string of the molecule is CC(=O)N1CCN(C2CCC(Cc3nc(NCc4ccccc4OC(F)(F)F)nc(N)c3[N+](=O)[O-])CC2)CC1. The Morgan fingerprint density at radius 3 is 2.44 bits per heavy atom. The van der Waals surface area contributed by atoms with Crippen molar-refractivity contribution in [3.05, 3.63) is 45.6 Å². The lowest BCUT2D eigenvalue weighted by molar-refractivity contribution is -0.385. The number of hydrogen-bond acceptors (Lipinski definition) is 9. The molecule has 2 fully saturated rings. The normalized spacial score (nSPS) is 20.5. The van der Waals surface area contributed by atoms with Gasteiger partial charge in [0.2, 0.25) is 17.7 Å². The number of nitrogens with one attached hydrogen (secondary N) is 1. The molecule has 212 valence electrons. The van der Waals surface area contributed by atoms with Gasteiger partial charge in [-0.25, -0.2) is 4.98 Å². The number of halogens is 3. The van der Waals surface area contributed by atoms with Crippen molar-refractivity contribution in [3.8, 4) is 5.75 Å². The molecule has 1 amide bonds. The number of nitro groups is 1. The molecule has 0 unspecified atom stereocenters. The fourth-order valence-corrected chi connectivity index (χ4v) is 5.38. The van der Waals surface area contributed by atoms with Gasteiger partial charge in [0.25, 0.3) is 0 Å². The number of benzene rings is 1. The van der Waals surface area contributed by atoms with Crippen LogP contribution in [0.25, 0.3) is 0 Å². The molecule has 1 aromatic carbocycles. The smallest absolute Gasteiger partial charge is 0.405 e. The zero-order valence-corrected chi connectivity index (χ0v) is 21.6. The van der Waals surface area contributed by atoms with E-state index >= 15 is 0 Å². The summed E-state index contributed by atoms with van der Waals surface area (Å²) in [5.41, 5.74) is 5.99. The molecule has 0 spiro atoms. The number of alkyl halides is 3. The third kappa shape index (κ3) is 7.46. The molecule has 2 aliphatic rings. The summed E-state index contributed by atoms with van der Waals surface area (Å²) in [6.07, 6.45) is -0.886. The molecule has 14 heteroatoms.